The molecule has 1 nitrogen and oxygen atoms in total. The first kappa shape index (κ1) is 13.9. The number of carbonyl (C=O) groups is 1. The molecule has 0 atom stereocenters. The van der Waals surface area contributed by atoms with Gasteiger partial charge in [-0.3, -0.25) is 4.79 Å². The van der Waals surface area contributed by atoms with E-state index >= 15 is 0 Å². The molecule has 0 aliphatic carbocycles. The molecule has 0 radical (unpaired) electrons. The fourth-order valence-corrected chi connectivity index (χ4v) is 1.22. The number of Topliss-reactive ketones (excluding diaryl/α,β-unsaturated/α-hetero) is 1. The minimum absolute atomic E-state index is 0.305. The summed E-state index contributed by atoms with van der Waals surface area (Å²) in [5.41, 5.74) is 3.04. The molecule has 0 aliphatic rings. The van der Waals surface area contributed by atoms with Gasteiger partial charge in [-0.05, 0) is 37.8 Å². The van der Waals surface area contributed by atoms with Crippen molar-refractivity contribution in [2.24, 2.45) is 5.92 Å². The summed E-state index contributed by atoms with van der Waals surface area (Å²) in [6, 6.07) is 0. The molecule has 0 aromatic rings. The number of rotatable bonds is 7. The molecule has 0 fully saturated rings. The van der Waals surface area contributed by atoms with Crippen molar-refractivity contribution in [3.05, 3.63) is 30.0 Å². The molecule has 0 N–H and O–H groups in total. The van der Waals surface area contributed by atoms with Crippen molar-refractivity contribution in [3.8, 4) is 0 Å². The second-order valence-corrected chi connectivity index (χ2v) is 4.06. The minimum Gasteiger partial charge on any atom is -0.299 e. The minimum atomic E-state index is 0.305. The molecule has 1 heteroatoms. The third-order valence-corrected chi connectivity index (χ3v) is 1.91. The lowest BCUT2D eigenvalue weighted by molar-refractivity contribution is -0.118. The number of carbonyl (C=O) groups excluding carboxylic acids is 1. The highest BCUT2D eigenvalue weighted by atomic mass is 16.1. The van der Waals surface area contributed by atoms with Gasteiger partial charge >= 0.3 is 0 Å². The van der Waals surface area contributed by atoms with Crippen LogP contribution in [0.2, 0.25) is 0 Å². The van der Waals surface area contributed by atoms with Gasteiger partial charge in [-0.1, -0.05) is 26.0 Å². The second-order valence-electron chi connectivity index (χ2n) is 4.06. The summed E-state index contributed by atoms with van der Waals surface area (Å²) in [6.45, 7) is 6.15. The molecule has 15 heavy (non-hydrogen) atoms. The number of hydrogen-bond acceptors (Lipinski definition) is 1. The van der Waals surface area contributed by atoms with Crippen molar-refractivity contribution >= 4 is 5.78 Å². The van der Waals surface area contributed by atoms with Crippen LogP contribution in [0.1, 0.15) is 46.5 Å². The third kappa shape index (κ3) is 10.9. The highest BCUT2D eigenvalue weighted by Gasteiger charge is 2.01. The molecule has 0 aromatic heterocycles. The van der Waals surface area contributed by atoms with Gasteiger partial charge in [0.05, 0.1) is 0 Å². The van der Waals surface area contributed by atoms with Gasteiger partial charge in [0.25, 0.3) is 0 Å². The van der Waals surface area contributed by atoms with E-state index in [-0.39, 0.29) is 0 Å². The quantitative estimate of drug-likeness (QED) is 0.349. The zero-order valence-electron chi connectivity index (χ0n) is 10.1. The molecule has 0 heterocycles. The Hall–Kier alpha value is -1.07. The summed E-state index contributed by atoms with van der Waals surface area (Å²) in [7, 11) is 0. The summed E-state index contributed by atoms with van der Waals surface area (Å²) >= 11 is 0. The molecule has 0 saturated carbocycles. The van der Waals surface area contributed by atoms with E-state index in [1.165, 1.54) is 0 Å². The van der Waals surface area contributed by atoms with Gasteiger partial charge in [0.1, 0.15) is 5.78 Å². The van der Waals surface area contributed by atoms with Gasteiger partial charge in [-0.2, -0.15) is 0 Å². The highest BCUT2D eigenvalue weighted by Crippen LogP contribution is 2.02. The van der Waals surface area contributed by atoms with Crippen LogP contribution in [0.25, 0.3) is 0 Å². The maximum absolute atomic E-state index is 11.3. The molecule has 0 aliphatic heterocycles. The molecule has 0 spiro atoms. The lowest BCUT2D eigenvalue weighted by Gasteiger charge is -1.99. The fraction of sp³-hybridized carbons (Fsp3) is 0.571. The monoisotopic (exact) mass is 206 g/mol. The maximum Gasteiger partial charge on any atom is 0.137 e. The van der Waals surface area contributed by atoms with Crippen LogP contribution < -0.4 is 0 Å². The molecule has 84 valence electrons. The Balaban J connectivity index is 3.64. The van der Waals surface area contributed by atoms with E-state index in [1.807, 2.05) is 25.2 Å². The number of unbranched alkanes of at least 4 members (excludes halogenated alkanes) is 1. The van der Waals surface area contributed by atoms with Gasteiger partial charge in [0.2, 0.25) is 0 Å². The van der Waals surface area contributed by atoms with E-state index < -0.39 is 0 Å². The van der Waals surface area contributed by atoms with Crippen molar-refractivity contribution in [2.45, 2.75) is 46.5 Å². The van der Waals surface area contributed by atoms with Crippen LogP contribution in [0, 0.1) is 5.92 Å². The number of ketones is 1. The molecule has 0 aromatic carbocycles. The van der Waals surface area contributed by atoms with Crippen LogP contribution in [0.3, 0.4) is 0 Å². The van der Waals surface area contributed by atoms with Crippen LogP contribution in [0.15, 0.2) is 30.0 Å². The molecule has 0 amide bonds. The second kappa shape index (κ2) is 9.48. The van der Waals surface area contributed by atoms with E-state index in [4.69, 9.17) is 0 Å². The predicted molar refractivity (Wildman–Crippen MR) is 65.8 cm³/mol. The number of allylic oxidation sites excluding steroid dienone is 3. The molecule has 0 bridgehead atoms. The van der Waals surface area contributed by atoms with Crippen LogP contribution in [-0.2, 0) is 4.79 Å². The van der Waals surface area contributed by atoms with Gasteiger partial charge < -0.3 is 0 Å². The SMILES string of the molecule is CC=CCCC=C=CCC(=O)CC(C)C. The average Bonchev–Trinajstić information content (AvgIpc) is 2.15. The highest BCUT2D eigenvalue weighted by molar-refractivity contribution is 5.79. The predicted octanol–water partition coefficient (Wildman–Crippen LogP) is 4.06. The summed E-state index contributed by atoms with van der Waals surface area (Å²) in [5, 5.41) is 0. The Bertz CT molecular complexity index is 253. The summed E-state index contributed by atoms with van der Waals surface area (Å²) in [6.07, 6.45) is 11.3. The summed E-state index contributed by atoms with van der Waals surface area (Å²) in [5.74, 6) is 0.768. The number of hydrogen-bond donors (Lipinski definition) is 0. The van der Waals surface area contributed by atoms with E-state index in [1.54, 1.807) is 0 Å². The molecule has 0 saturated heterocycles. The van der Waals surface area contributed by atoms with Gasteiger partial charge in [-0.25, -0.2) is 0 Å². The summed E-state index contributed by atoms with van der Waals surface area (Å²) in [4.78, 5) is 11.3. The molecular formula is C14H22O. The van der Waals surface area contributed by atoms with Crippen molar-refractivity contribution in [1.29, 1.82) is 0 Å². The molecular weight excluding hydrogens is 184 g/mol. The average molecular weight is 206 g/mol. The first-order chi connectivity index (χ1) is 7.16. The topological polar surface area (TPSA) is 17.1 Å². The Morgan fingerprint density at radius 2 is 2.00 bits per heavy atom. The largest absolute Gasteiger partial charge is 0.299 e. The zero-order valence-corrected chi connectivity index (χ0v) is 10.1. The van der Waals surface area contributed by atoms with E-state index in [0.717, 1.165) is 12.8 Å². The zero-order chi connectivity index (χ0) is 11.5. The molecule has 0 rings (SSSR count). The normalized spacial score (nSPS) is 10.4. The van der Waals surface area contributed by atoms with Crippen molar-refractivity contribution in [2.75, 3.05) is 0 Å². The third-order valence-electron chi connectivity index (χ3n) is 1.91. The Labute approximate surface area is 93.6 Å². The van der Waals surface area contributed by atoms with Crippen molar-refractivity contribution in [3.63, 3.8) is 0 Å². The molecule has 0 unspecified atom stereocenters. The van der Waals surface area contributed by atoms with E-state index in [0.29, 0.717) is 24.5 Å². The van der Waals surface area contributed by atoms with Crippen LogP contribution in [0.4, 0.5) is 0 Å². The van der Waals surface area contributed by atoms with Crippen molar-refractivity contribution < 1.29 is 4.79 Å². The van der Waals surface area contributed by atoms with Crippen LogP contribution in [-0.4, -0.2) is 5.78 Å². The van der Waals surface area contributed by atoms with Gasteiger partial charge in [0, 0.05) is 12.8 Å². The standard InChI is InChI=1S/C14H22O/c1-4-5-6-7-8-9-10-11-14(15)12-13(2)3/h4-5,8,10,13H,6-7,11-12H2,1-3H3. The van der Waals surface area contributed by atoms with Gasteiger partial charge in [0.15, 0.2) is 0 Å². The Morgan fingerprint density at radius 1 is 1.27 bits per heavy atom. The smallest absolute Gasteiger partial charge is 0.137 e. The first-order valence-corrected chi connectivity index (χ1v) is 5.69. The van der Waals surface area contributed by atoms with Crippen molar-refractivity contribution in [1.82, 2.24) is 0 Å². The van der Waals surface area contributed by atoms with E-state index in [9.17, 15) is 4.79 Å². The lowest BCUT2D eigenvalue weighted by atomic mass is 10.1. The Kier molecular flexibility index (Phi) is 8.81. The maximum atomic E-state index is 11.3. The van der Waals surface area contributed by atoms with Crippen LogP contribution >= 0.6 is 0 Å². The first-order valence-electron chi connectivity index (χ1n) is 5.69. The van der Waals surface area contributed by atoms with Gasteiger partial charge in [-0.15, -0.1) is 5.73 Å². The fourth-order valence-electron chi connectivity index (χ4n) is 1.22. The van der Waals surface area contributed by atoms with Crippen LogP contribution in [0.5, 0.6) is 0 Å². The lowest BCUT2D eigenvalue weighted by Crippen LogP contribution is -2.00. The Morgan fingerprint density at radius 3 is 2.60 bits per heavy atom. The summed E-state index contributed by atoms with van der Waals surface area (Å²) < 4.78 is 0. The van der Waals surface area contributed by atoms with E-state index in [2.05, 4.69) is 25.7 Å².